The fourth-order valence-corrected chi connectivity index (χ4v) is 1.71. The number of carbonyl (C=O) groups is 2. The van der Waals surface area contributed by atoms with Gasteiger partial charge in [0.2, 0.25) is 0 Å². The van der Waals surface area contributed by atoms with E-state index < -0.39 is 28.9 Å². The number of hydrogen-bond acceptors (Lipinski definition) is 3. The molecule has 17 heavy (non-hydrogen) atoms. The number of carboxylic acid groups (broad SMARTS) is 2. The van der Waals surface area contributed by atoms with E-state index in [0.29, 0.717) is 6.42 Å². The lowest BCUT2D eigenvalue weighted by atomic mass is 9.64. The number of hydrogen-bond donors (Lipinski definition) is 2. The van der Waals surface area contributed by atoms with E-state index in [0.717, 1.165) is 0 Å². The molecule has 0 saturated heterocycles. The van der Waals surface area contributed by atoms with E-state index in [1.807, 2.05) is 0 Å². The van der Waals surface area contributed by atoms with Crippen LogP contribution in [0.4, 0.5) is 0 Å². The van der Waals surface area contributed by atoms with Crippen LogP contribution in [-0.4, -0.2) is 35.4 Å². The van der Waals surface area contributed by atoms with Crippen molar-refractivity contribution in [3.05, 3.63) is 0 Å². The van der Waals surface area contributed by atoms with Gasteiger partial charge in [0.1, 0.15) is 0 Å². The lowest BCUT2D eigenvalue weighted by molar-refractivity contribution is -0.162. The molecular formula is C12H22O5. The molecule has 1 atom stereocenters. The molecule has 0 aliphatic rings. The normalized spacial score (nSPS) is 14.4. The third-order valence-electron chi connectivity index (χ3n) is 3.86. The molecule has 5 nitrogen and oxygen atoms in total. The van der Waals surface area contributed by atoms with Crippen molar-refractivity contribution in [2.45, 2.75) is 46.6 Å². The van der Waals surface area contributed by atoms with E-state index in [1.165, 1.54) is 7.11 Å². The second-order valence-corrected chi connectivity index (χ2v) is 5.31. The molecule has 0 aliphatic heterocycles. The highest BCUT2D eigenvalue weighted by Crippen LogP contribution is 2.44. The predicted octanol–water partition coefficient (Wildman–Crippen LogP) is 2.00. The zero-order valence-corrected chi connectivity index (χ0v) is 11.1. The first-order valence-corrected chi connectivity index (χ1v) is 5.55. The summed E-state index contributed by atoms with van der Waals surface area (Å²) in [5.74, 6) is -1.82. The van der Waals surface area contributed by atoms with Gasteiger partial charge in [0.15, 0.2) is 0 Å². The SMILES string of the molecule is COC(CCC(=O)O)C(C)(C)C(C)(C)C(=O)O. The van der Waals surface area contributed by atoms with Crippen LogP contribution in [0, 0.1) is 10.8 Å². The van der Waals surface area contributed by atoms with Crippen LogP contribution in [0.25, 0.3) is 0 Å². The third kappa shape index (κ3) is 3.43. The standard InChI is InChI=1S/C12H22O5/c1-11(2,12(3,4)10(15)16)8(17-5)6-7-9(13)14/h8H,6-7H2,1-5H3,(H,13,14)(H,15,16). The molecule has 5 heteroatoms. The van der Waals surface area contributed by atoms with E-state index in [9.17, 15) is 14.7 Å². The molecule has 1 unspecified atom stereocenters. The van der Waals surface area contributed by atoms with E-state index in [2.05, 4.69) is 0 Å². The Hall–Kier alpha value is -1.10. The zero-order valence-electron chi connectivity index (χ0n) is 11.1. The molecule has 0 bridgehead atoms. The highest BCUT2D eigenvalue weighted by atomic mass is 16.5. The Labute approximate surface area is 102 Å². The number of methoxy groups -OCH3 is 1. The Morgan fingerprint density at radius 3 is 1.94 bits per heavy atom. The van der Waals surface area contributed by atoms with Crippen molar-refractivity contribution in [3.8, 4) is 0 Å². The Balaban J connectivity index is 4.97. The lowest BCUT2D eigenvalue weighted by Gasteiger charge is -2.43. The van der Waals surface area contributed by atoms with Crippen molar-refractivity contribution in [1.82, 2.24) is 0 Å². The summed E-state index contributed by atoms with van der Waals surface area (Å²) in [5, 5.41) is 17.9. The lowest BCUT2D eigenvalue weighted by Crippen LogP contribution is -2.48. The van der Waals surface area contributed by atoms with Gasteiger partial charge < -0.3 is 14.9 Å². The van der Waals surface area contributed by atoms with Crippen LogP contribution < -0.4 is 0 Å². The molecule has 0 amide bonds. The molecule has 0 saturated carbocycles. The average molecular weight is 246 g/mol. The first-order chi connectivity index (χ1) is 7.57. The van der Waals surface area contributed by atoms with Crippen LogP contribution >= 0.6 is 0 Å². The van der Waals surface area contributed by atoms with E-state index in [-0.39, 0.29) is 6.42 Å². The summed E-state index contributed by atoms with van der Waals surface area (Å²) in [4.78, 5) is 21.8. The maximum Gasteiger partial charge on any atom is 0.309 e. The molecule has 0 spiro atoms. The van der Waals surface area contributed by atoms with E-state index in [1.54, 1.807) is 27.7 Å². The fraction of sp³-hybridized carbons (Fsp3) is 0.833. The van der Waals surface area contributed by atoms with Gasteiger partial charge in [-0.3, -0.25) is 9.59 Å². The number of carboxylic acids is 2. The Morgan fingerprint density at radius 2 is 1.65 bits per heavy atom. The molecule has 2 N–H and O–H groups in total. The van der Waals surface area contributed by atoms with Crippen LogP contribution in [0.2, 0.25) is 0 Å². The minimum Gasteiger partial charge on any atom is -0.481 e. The topological polar surface area (TPSA) is 83.8 Å². The summed E-state index contributed by atoms with van der Waals surface area (Å²) in [7, 11) is 1.48. The van der Waals surface area contributed by atoms with Gasteiger partial charge >= 0.3 is 11.9 Å². The van der Waals surface area contributed by atoms with Crippen molar-refractivity contribution >= 4 is 11.9 Å². The number of rotatable bonds is 7. The van der Waals surface area contributed by atoms with E-state index >= 15 is 0 Å². The summed E-state index contributed by atoms with van der Waals surface area (Å²) in [6.07, 6.45) is -0.141. The van der Waals surface area contributed by atoms with Gasteiger partial charge in [-0.25, -0.2) is 0 Å². The van der Waals surface area contributed by atoms with Crippen LogP contribution in [0.3, 0.4) is 0 Å². The molecule has 100 valence electrons. The molecule has 0 aromatic carbocycles. The van der Waals surface area contributed by atoms with Crippen molar-refractivity contribution in [1.29, 1.82) is 0 Å². The second kappa shape index (κ2) is 5.49. The van der Waals surface area contributed by atoms with Crippen molar-refractivity contribution in [2.24, 2.45) is 10.8 Å². The Morgan fingerprint density at radius 1 is 1.18 bits per heavy atom. The monoisotopic (exact) mass is 246 g/mol. The molecule has 0 aromatic rings. The van der Waals surface area contributed by atoms with Crippen LogP contribution in [0.5, 0.6) is 0 Å². The molecule has 0 aliphatic carbocycles. The highest BCUT2D eigenvalue weighted by molar-refractivity contribution is 5.74. The minimum atomic E-state index is -0.994. The number of ether oxygens (including phenoxy) is 1. The second-order valence-electron chi connectivity index (χ2n) is 5.31. The first kappa shape index (κ1) is 15.9. The van der Waals surface area contributed by atoms with Gasteiger partial charge in [0.25, 0.3) is 0 Å². The predicted molar refractivity (Wildman–Crippen MR) is 62.9 cm³/mol. The maximum atomic E-state index is 11.3. The van der Waals surface area contributed by atoms with Gasteiger partial charge in [-0.2, -0.15) is 0 Å². The molecule has 0 fully saturated rings. The Kier molecular flexibility index (Phi) is 5.13. The summed E-state index contributed by atoms with van der Waals surface area (Å²) < 4.78 is 5.28. The maximum absolute atomic E-state index is 11.3. The molecule has 0 rings (SSSR count). The van der Waals surface area contributed by atoms with Crippen LogP contribution in [-0.2, 0) is 14.3 Å². The Bertz CT molecular complexity index is 293. The van der Waals surface area contributed by atoms with Crippen LogP contribution in [0.15, 0.2) is 0 Å². The van der Waals surface area contributed by atoms with Crippen molar-refractivity contribution in [2.75, 3.05) is 7.11 Å². The summed E-state index contributed by atoms with van der Waals surface area (Å²) in [6.45, 7) is 6.83. The summed E-state index contributed by atoms with van der Waals surface area (Å²) in [6, 6.07) is 0. The minimum absolute atomic E-state index is 0.0301. The smallest absolute Gasteiger partial charge is 0.309 e. The average Bonchev–Trinajstić information content (AvgIpc) is 2.17. The fourth-order valence-electron chi connectivity index (χ4n) is 1.71. The first-order valence-electron chi connectivity index (χ1n) is 5.55. The van der Waals surface area contributed by atoms with Gasteiger partial charge in [0.05, 0.1) is 11.5 Å². The molecule has 0 aromatic heterocycles. The zero-order chi connectivity index (χ0) is 13.9. The molecule has 0 heterocycles. The molecule has 0 radical (unpaired) electrons. The summed E-state index contributed by atoms with van der Waals surface area (Å²) >= 11 is 0. The van der Waals surface area contributed by atoms with Crippen molar-refractivity contribution in [3.63, 3.8) is 0 Å². The summed E-state index contributed by atoms with van der Waals surface area (Å²) in [5.41, 5.74) is -1.66. The third-order valence-corrected chi connectivity index (χ3v) is 3.86. The van der Waals surface area contributed by atoms with Gasteiger partial charge in [-0.05, 0) is 20.3 Å². The van der Waals surface area contributed by atoms with Crippen molar-refractivity contribution < 1.29 is 24.5 Å². The molecular weight excluding hydrogens is 224 g/mol. The quantitative estimate of drug-likeness (QED) is 0.717. The number of aliphatic carboxylic acids is 2. The van der Waals surface area contributed by atoms with E-state index in [4.69, 9.17) is 9.84 Å². The van der Waals surface area contributed by atoms with Gasteiger partial charge in [0, 0.05) is 18.9 Å². The van der Waals surface area contributed by atoms with Gasteiger partial charge in [-0.15, -0.1) is 0 Å². The largest absolute Gasteiger partial charge is 0.481 e. The van der Waals surface area contributed by atoms with Crippen LogP contribution in [0.1, 0.15) is 40.5 Å². The highest BCUT2D eigenvalue weighted by Gasteiger charge is 2.48. The van der Waals surface area contributed by atoms with Gasteiger partial charge in [-0.1, -0.05) is 13.8 Å².